The summed E-state index contributed by atoms with van der Waals surface area (Å²) in [5.74, 6) is -0.160. The molecule has 40 heteroatoms. The van der Waals surface area contributed by atoms with Crippen LogP contribution in [0.5, 0.6) is 0 Å². The lowest BCUT2D eigenvalue weighted by Gasteiger charge is -2.41. The van der Waals surface area contributed by atoms with Crippen molar-refractivity contribution in [2.24, 2.45) is 23.3 Å². The summed E-state index contributed by atoms with van der Waals surface area (Å²) in [4.78, 5) is 68.5. The Bertz CT molecular complexity index is 5170. The minimum absolute atomic E-state index is 0. The zero-order valence-electron chi connectivity index (χ0n) is 75.8. The van der Waals surface area contributed by atoms with E-state index in [0.717, 1.165) is 39.6 Å². The van der Waals surface area contributed by atoms with Crippen molar-refractivity contribution >= 4 is 59.9 Å². The molecule has 0 saturated carbocycles. The topological polar surface area (TPSA) is 490 Å². The van der Waals surface area contributed by atoms with E-state index in [4.69, 9.17) is 91.0 Å². The van der Waals surface area contributed by atoms with Gasteiger partial charge in [-0.15, -0.1) is 0 Å². The van der Waals surface area contributed by atoms with Crippen molar-refractivity contribution in [3.63, 3.8) is 0 Å². The first kappa shape index (κ1) is 108. The molecule has 37 nitrogen and oxygen atoms in total. The Morgan fingerprint density at radius 2 is 0.720 bits per heavy atom. The molecular weight excluding hydrogens is 1670 g/mol. The third-order valence-corrected chi connectivity index (χ3v) is 35.6. The summed E-state index contributed by atoms with van der Waals surface area (Å²) in [6.45, 7) is 41.4. The lowest BCUT2D eigenvalue weighted by molar-refractivity contribution is -0.149. The van der Waals surface area contributed by atoms with E-state index in [1.165, 1.54) is 18.8 Å². The fraction of sp³-hybridized carbons (Fsp3) is 0.647. The summed E-state index contributed by atoms with van der Waals surface area (Å²) < 4.78 is 107. The van der Waals surface area contributed by atoms with E-state index in [2.05, 4.69) is 118 Å². The SMILES string of the molecule is C.C.COCO[C@@H](Cn1c(=O)c(-c2nc(CO[Si](C(C)C)(C(C)C)C(C)C)no2)nc2cc(C)c(C)cc21)[C@H](C)[C@@H](CN)OCOC.COCO[C@@H](Cn1c(=O)c(-c2nc(CO[Si](C(C)C)(C(C)C)C(C)C)no2)nc2cc(C)c(C)cc21)[C@H](C)[C@@H](COS(C)(=O)=O)OCOC.Cc1cc2nc(-c3nc(CO)no3)c(=O)n(C[C@H](O)[C@H](O)[C@H](O)CN)c2cc1C. The Morgan fingerprint density at radius 1 is 0.424 bits per heavy atom. The number of methoxy groups -OCH3 is 4. The number of aromatic nitrogens is 12. The van der Waals surface area contributed by atoms with Crippen LogP contribution in [0.25, 0.3) is 67.9 Å². The van der Waals surface area contributed by atoms with E-state index >= 15 is 0 Å². The second kappa shape index (κ2) is 48.6. The molecule has 0 unspecified atom stereocenters. The zero-order chi connectivity index (χ0) is 91.4. The van der Waals surface area contributed by atoms with Crippen molar-refractivity contribution in [2.75, 3.05) is 81.6 Å². The van der Waals surface area contributed by atoms with Gasteiger partial charge in [-0.3, -0.25) is 18.6 Å². The van der Waals surface area contributed by atoms with Crippen LogP contribution < -0.4 is 28.1 Å². The van der Waals surface area contributed by atoms with Gasteiger partial charge in [0, 0.05) is 53.4 Å². The van der Waals surface area contributed by atoms with Gasteiger partial charge in [-0.25, -0.2) is 15.0 Å². The van der Waals surface area contributed by atoms with Crippen LogP contribution in [0.1, 0.15) is 163 Å². The highest BCUT2D eigenvalue weighted by Crippen LogP contribution is 2.44. The molecule has 8 N–H and O–H groups in total. The maximum absolute atomic E-state index is 14.3. The molecule has 6 heterocycles. The van der Waals surface area contributed by atoms with Crippen molar-refractivity contribution in [1.82, 2.24) is 59.1 Å². The Balaban J connectivity index is 0.000000340. The standard InChI is InChI=1S/C33H54N4O10SSi.C32H53N5O7Si.C18H23N5O6.2CH4/c1-20(2)49(21(3)4,22(5)6)46-17-30-35-32(47-36-30)31-33(38)37(27-14-24(8)23(7)13-26(27)34-31)15-28(43-18-41-10)25(9)29(44-19-42-11)16-45-48(12,39)40;1-19(2)45(20(3)4,21(5)6)43-16-29-35-31(44-36-29)30-32(38)37(26-13-23(8)22(7)12-25(26)34-30)15-28(42-18-40-11)24(9)27(14-33)41-17-39-10;1-8-3-10-11(4-9(8)2)23(6-13(26)16(27)12(25)5-19)18(28)15(20-10)17-21-14(7-24)22-29-17;;/h13-14,20-22,25,28-29H,15-19H2,1-12H3;12-13,19-21,24,27-28H,14-18,33H2,1-11H3;3-4,12-13,16,24-27H,5-7,19H2,1-2H3;2*1H4/t25-,28-,29+;24-,27-,28+;12-,13+,16-;;/m011../s1. The number of nitrogens with two attached hydrogens (primary N) is 2. The molecule has 700 valence electrons. The molecule has 0 aliphatic rings. The molecule has 0 saturated heterocycles. The Labute approximate surface area is 735 Å². The first-order chi connectivity index (χ1) is 58.0. The largest absolute Gasteiger partial charge is 0.408 e. The lowest BCUT2D eigenvalue weighted by Crippen LogP contribution is -2.47. The van der Waals surface area contributed by atoms with Gasteiger partial charge in [0.15, 0.2) is 34.6 Å². The number of rotatable bonds is 45. The smallest absolute Gasteiger partial charge is 0.282 e. The number of benzene rings is 3. The number of hydrogen-bond acceptors (Lipinski definition) is 34. The normalized spacial score (nSPS) is 14.5. The highest BCUT2D eigenvalue weighted by molar-refractivity contribution is 7.86. The minimum Gasteiger partial charge on any atom is -0.408 e. The number of aliphatic hydroxyl groups is 4. The molecule has 0 spiro atoms. The molecule has 9 atom stereocenters. The lowest BCUT2D eigenvalue weighted by atomic mass is 9.97. The van der Waals surface area contributed by atoms with Crippen molar-refractivity contribution in [3.8, 4) is 34.8 Å². The number of ether oxygens (including phenoxy) is 8. The Morgan fingerprint density at radius 3 is 1.02 bits per heavy atom. The molecule has 0 bridgehead atoms. The first-order valence-electron chi connectivity index (χ1n) is 41.2. The van der Waals surface area contributed by atoms with Crippen LogP contribution >= 0.6 is 0 Å². The molecule has 6 aromatic heterocycles. The molecule has 0 aliphatic carbocycles. The van der Waals surface area contributed by atoms with E-state index in [9.17, 15) is 38.1 Å². The van der Waals surface area contributed by atoms with Gasteiger partial charge in [0.05, 0.1) is 109 Å². The molecule has 0 aliphatic heterocycles. The van der Waals surface area contributed by atoms with Gasteiger partial charge in [0.1, 0.15) is 46.0 Å². The maximum Gasteiger partial charge on any atom is 0.282 e. The zero-order valence-corrected chi connectivity index (χ0v) is 78.6. The van der Waals surface area contributed by atoms with Crippen LogP contribution in [0.2, 0.25) is 33.2 Å². The van der Waals surface area contributed by atoms with Gasteiger partial charge >= 0.3 is 0 Å². The fourth-order valence-corrected chi connectivity index (χ4v) is 27.1. The average molecular weight is 1810 g/mol. The van der Waals surface area contributed by atoms with E-state index in [1.807, 2.05) is 79.7 Å². The quantitative estimate of drug-likeness (QED) is 0.0117. The predicted molar refractivity (Wildman–Crippen MR) is 480 cm³/mol. The van der Waals surface area contributed by atoms with Gasteiger partial charge in [-0.05, 0) is 145 Å². The Kier molecular flexibility index (Phi) is 41.9. The molecule has 0 radical (unpaired) electrons. The summed E-state index contributed by atoms with van der Waals surface area (Å²) >= 11 is 0. The fourth-order valence-electron chi connectivity index (χ4n) is 15.9. The highest BCUT2D eigenvalue weighted by Gasteiger charge is 2.47. The van der Waals surface area contributed by atoms with Crippen LogP contribution in [0.3, 0.4) is 0 Å². The van der Waals surface area contributed by atoms with E-state index in [0.29, 0.717) is 78.0 Å². The van der Waals surface area contributed by atoms with Gasteiger partial charge in [-0.1, -0.05) is 127 Å². The van der Waals surface area contributed by atoms with Crippen LogP contribution in [-0.4, -0.2) is 229 Å². The number of aryl methyl sites for hydroxylation is 6. The Hall–Kier alpha value is -7.80. The third-order valence-electron chi connectivity index (χ3n) is 22.9. The number of fused-ring (bicyclic) bond motifs is 3. The molecule has 0 fully saturated rings. The van der Waals surface area contributed by atoms with Gasteiger partial charge < -0.3 is 106 Å². The first-order valence-corrected chi connectivity index (χ1v) is 47.3. The average Bonchev–Trinajstić information content (AvgIpc) is 1.73. The van der Waals surface area contributed by atoms with Crippen LogP contribution in [0.15, 0.2) is 64.4 Å². The van der Waals surface area contributed by atoms with Gasteiger partial charge in [0.2, 0.25) is 16.6 Å². The van der Waals surface area contributed by atoms with Crippen molar-refractivity contribution < 1.29 is 93.3 Å². The van der Waals surface area contributed by atoms with Crippen molar-refractivity contribution in [1.29, 1.82) is 0 Å². The third kappa shape index (κ3) is 26.5. The molecular formula is C85H138N14O23SSi2. The number of nitrogens with zero attached hydrogens (tertiary/aromatic N) is 12. The predicted octanol–water partition coefficient (Wildman–Crippen LogP) is 10.5. The highest BCUT2D eigenvalue weighted by atomic mass is 32.2. The summed E-state index contributed by atoms with van der Waals surface area (Å²) in [5.41, 5.74) is 21.2. The number of hydrogen-bond donors (Lipinski definition) is 6. The summed E-state index contributed by atoms with van der Waals surface area (Å²) in [6, 6.07) is 11.2. The van der Waals surface area contributed by atoms with Crippen molar-refractivity contribution in [2.45, 2.75) is 269 Å². The van der Waals surface area contributed by atoms with Crippen LogP contribution in [0.4, 0.5) is 0 Å². The van der Waals surface area contributed by atoms with E-state index in [1.54, 1.807) is 35.5 Å². The maximum atomic E-state index is 14.3. The molecule has 9 aromatic rings. The van der Waals surface area contributed by atoms with Crippen LogP contribution in [0, 0.1) is 53.4 Å². The van der Waals surface area contributed by atoms with Gasteiger partial charge in [-0.2, -0.15) is 23.4 Å². The monoisotopic (exact) mass is 1810 g/mol. The summed E-state index contributed by atoms with van der Waals surface area (Å²) in [6.07, 6.45) is -5.77. The van der Waals surface area contributed by atoms with E-state index < -0.39 is 87.0 Å². The van der Waals surface area contributed by atoms with Crippen molar-refractivity contribution in [3.05, 3.63) is 118 Å². The minimum atomic E-state index is -3.76. The van der Waals surface area contributed by atoms with Crippen LogP contribution in [-0.2, 0) is 101 Å². The second-order valence-electron chi connectivity index (χ2n) is 33.1. The molecule has 0 amide bonds. The number of aliphatic hydroxyl groups excluding tert-OH is 4. The molecule has 3 aromatic carbocycles. The molecule has 125 heavy (non-hydrogen) atoms. The summed E-state index contributed by atoms with van der Waals surface area (Å²) in [5, 5.41) is 51.2. The van der Waals surface area contributed by atoms with Gasteiger partial charge in [0.25, 0.3) is 44.5 Å². The molecule has 9 rings (SSSR count). The summed E-state index contributed by atoms with van der Waals surface area (Å²) in [7, 11) is -2.09. The van der Waals surface area contributed by atoms with E-state index in [-0.39, 0.29) is 153 Å². The second-order valence-corrected chi connectivity index (χ2v) is 45.6.